The van der Waals surface area contributed by atoms with Gasteiger partial charge in [0.25, 0.3) is 5.91 Å². The van der Waals surface area contributed by atoms with Gasteiger partial charge >= 0.3 is 5.97 Å². The van der Waals surface area contributed by atoms with Gasteiger partial charge in [0.15, 0.2) is 5.78 Å². The van der Waals surface area contributed by atoms with Crippen molar-refractivity contribution in [1.29, 1.82) is 0 Å². The Bertz CT molecular complexity index is 1160. The summed E-state index contributed by atoms with van der Waals surface area (Å²) in [7, 11) is 1.25. The molecule has 168 valence electrons. The second-order valence-corrected chi connectivity index (χ2v) is 7.41. The van der Waals surface area contributed by atoms with Crippen molar-refractivity contribution in [3.8, 4) is 0 Å². The Balaban J connectivity index is 1.72. The van der Waals surface area contributed by atoms with Crippen LogP contribution in [0.5, 0.6) is 0 Å². The summed E-state index contributed by atoms with van der Waals surface area (Å²) in [6.45, 7) is 1.37. The third-order valence-corrected chi connectivity index (χ3v) is 4.93. The highest BCUT2D eigenvalue weighted by Crippen LogP contribution is 2.14. The molecule has 33 heavy (non-hydrogen) atoms. The number of ether oxygens (including phenoxy) is 1. The lowest BCUT2D eigenvalue weighted by Crippen LogP contribution is -2.43. The topological polar surface area (TPSA) is 102 Å². The molecule has 0 aromatic heterocycles. The summed E-state index contributed by atoms with van der Waals surface area (Å²) in [5, 5.41) is 5.30. The zero-order valence-corrected chi connectivity index (χ0v) is 18.3. The van der Waals surface area contributed by atoms with Gasteiger partial charge in [0, 0.05) is 35.7 Å². The molecule has 0 spiro atoms. The van der Waals surface area contributed by atoms with Gasteiger partial charge < -0.3 is 15.4 Å². The Hall–Kier alpha value is -4.26. The lowest BCUT2D eigenvalue weighted by Gasteiger charge is -2.17. The highest BCUT2D eigenvalue weighted by molar-refractivity contribution is 6.09. The summed E-state index contributed by atoms with van der Waals surface area (Å²) in [5.74, 6) is -1.42. The fourth-order valence-electron chi connectivity index (χ4n) is 3.30. The molecule has 2 N–H and O–H groups in total. The first-order chi connectivity index (χ1) is 15.9. The number of amides is 2. The van der Waals surface area contributed by atoms with Crippen molar-refractivity contribution in [2.45, 2.75) is 19.4 Å². The number of nitrogens with one attached hydrogen (secondary N) is 2. The number of esters is 1. The minimum atomic E-state index is -0.928. The van der Waals surface area contributed by atoms with E-state index in [-0.39, 0.29) is 18.1 Å². The van der Waals surface area contributed by atoms with Crippen LogP contribution in [0.4, 0.5) is 5.69 Å². The van der Waals surface area contributed by atoms with E-state index >= 15 is 0 Å². The first kappa shape index (κ1) is 23.4. The standard InChI is InChI=1S/C26H24N2O5/c1-17(29)27-22-10-6-9-21(16-22)25(31)28-23(26(32)33-2)15-18-11-13-20(14-12-18)24(30)19-7-4-3-5-8-19/h3-14,16,23H,15H2,1-2H3,(H,27,29)(H,28,31)/t23-/m0/s1. The Kier molecular flexibility index (Phi) is 7.70. The first-order valence-electron chi connectivity index (χ1n) is 10.3. The molecule has 0 aliphatic carbocycles. The number of benzene rings is 3. The van der Waals surface area contributed by atoms with Crippen LogP contribution >= 0.6 is 0 Å². The summed E-state index contributed by atoms with van der Waals surface area (Å²) < 4.78 is 4.85. The highest BCUT2D eigenvalue weighted by atomic mass is 16.5. The van der Waals surface area contributed by atoms with E-state index in [1.165, 1.54) is 20.1 Å². The van der Waals surface area contributed by atoms with Crippen LogP contribution in [0.1, 0.15) is 38.8 Å². The van der Waals surface area contributed by atoms with Crippen molar-refractivity contribution in [2.75, 3.05) is 12.4 Å². The van der Waals surface area contributed by atoms with Crippen molar-refractivity contribution in [3.05, 3.63) is 101 Å². The van der Waals surface area contributed by atoms with Crippen molar-refractivity contribution < 1.29 is 23.9 Å². The van der Waals surface area contributed by atoms with Crippen LogP contribution in [0.25, 0.3) is 0 Å². The lowest BCUT2D eigenvalue weighted by molar-refractivity contribution is -0.142. The number of ketones is 1. The van der Waals surface area contributed by atoms with Crippen molar-refractivity contribution in [3.63, 3.8) is 0 Å². The van der Waals surface area contributed by atoms with Gasteiger partial charge in [-0.2, -0.15) is 0 Å². The molecule has 0 fully saturated rings. The van der Waals surface area contributed by atoms with Crippen molar-refractivity contribution in [1.82, 2.24) is 5.32 Å². The molecule has 0 saturated carbocycles. The van der Waals surface area contributed by atoms with Gasteiger partial charge in [-0.15, -0.1) is 0 Å². The summed E-state index contributed by atoms with van der Waals surface area (Å²) in [6, 6.07) is 21.3. The fourth-order valence-corrected chi connectivity index (χ4v) is 3.30. The second-order valence-electron chi connectivity index (χ2n) is 7.41. The zero-order chi connectivity index (χ0) is 23.8. The minimum Gasteiger partial charge on any atom is -0.467 e. The van der Waals surface area contributed by atoms with Crippen LogP contribution in [0, 0.1) is 0 Å². The molecule has 3 aromatic carbocycles. The molecule has 7 heteroatoms. The number of hydrogen-bond acceptors (Lipinski definition) is 5. The Morgan fingerprint density at radius 3 is 2.09 bits per heavy atom. The molecule has 3 aromatic rings. The molecule has 0 bridgehead atoms. The smallest absolute Gasteiger partial charge is 0.328 e. The van der Waals surface area contributed by atoms with E-state index in [0.717, 1.165) is 5.56 Å². The van der Waals surface area contributed by atoms with Gasteiger partial charge in [-0.25, -0.2) is 4.79 Å². The molecule has 3 rings (SSSR count). The Morgan fingerprint density at radius 2 is 1.45 bits per heavy atom. The molecule has 0 aliphatic rings. The molecule has 0 heterocycles. The van der Waals surface area contributed by atoms with Crippen LogP contribution in [-0.4, -0.2) is 36.7 Å². The van der Waals surface area contributed by atoms with Crippen LogP contribution in [0.2, 0.25) is 0 Å². The number of carbonyl (C=O) groups is 4. The summed E-state index contributed by atoms with van der Waals surface area (Å²) in [6.07, 6.45) is 0.184. The van der Waals surface area contributed by atoms with E-state index in [4.69, 9.17) is 4.74 Å². The largest absolute Gasteiger partial charge is 0.467 e. The number of carbonyl (C=O) groups excluding carboxylic acids is 4. The monoisotopic (exact) mass is 444 g/mol. The molecule has 1 atom stereocenters. The van der Waals surface area contributed by atoms with E-state index < -0.39 is 17.9 Å². The summed E-state index contributed by atoms with van der Waals surface area (Å²) in [5.41, 5.74) is 2.63. The van der Waals surface area contributed by atoms with Crippen molar-refractivity contribution >= 4 is 29.3 Å². The Morgan fingerprint density at radius 1 is 0.818 bits per heavy atom. The van der Waals surface area contributed by atoms with Crippen LogP contribution in [-0.2, 0) is 20.7 Å². The van der Waals surface area contributed by atoms with Crippen LogP contribution in [0.3, 0.4) is 0 Å². The predicted molar refractivity (Wildman–Crippen MR) is 124 cm³/mol. The molecule has 0 radical (unpaired) electrons. The minimum absolute atomic E-state index is 0.0981. The normalized spacial score (nSPS) is 11.2. The predicted octanol–water partition coefficient (Wildman–Crippen LogP) is 3.39. The maximum Gasteiger partial charge on any atom is 0.328 e. The van der Waals surface area contributed by atoms with Crippen molar-refractivity contribution in [2.24, 2.45) is 0 Å². The van der Waals surface area contributed by atoms with Gasteiger partial charge in [0.05, 0.1) is 7.11 Å². The molecule has 0 aliphatic heterocycles. The van der Waals surface area contributed by atoms with Crippen LogP contribution in [0.15, 0.2) is 78.9 Å². The number of hydrogen-bond donors (Lipinski definition) is 2. The second kappa shape index (κ2) is 10.9. The van der Waals surface area contributed by atoms with E-state index in [1.807, 2.05) is 6.07 Å². The highest BCUT2D eigenvalue weighted by Gasteiger charge is 2.23. The molecule has 7 nitrogen and oxygen atoms in total. The van der Waals surface area contributed by atoms with E-state index in [0.29, 0.717) is 22.4 Å². The van der Waals surface area contributed by atoms with Gasteiger partial charge in [0.1, 0.15) is 6.04 Å². The average Bonchev–Trinajstić information content (AvgIpc) is 2.83. The van der Waals surface area contributed by atoms with E-state index in [2.05, 4.69) is 10.6 Å². The molecular weight excluding hydrogens is 420 g/mol. The summed E-state index contributed by atoms with van der Waals surface area (Å²) in [4.78, 5) is 48.9. The molecule has 0 unspecified atom stereocenters. The SMILES string of the molecule is COC(=O)[C@H](Cc1ccc(C(=O)c2ccccc2)cc1)NC(=O)c1cccc(NC(C)=O)c1. The van der Waals surface area contributed by atoms with Gasteiger partial charge in [-0.3, -0.25) is 14.4 Å². The molecule has 0 saturated heterocycles. The quantitative estimate of drug-likeness (QED) is 0.410. The third-order valence-electron chi connectivity index (χ3n) is 4.93. The van der Waals surface area contributed by atoms with Gasteiger partial charge in [0.2, 0.25) is 5.91 Å². The molecular formula is C26H24N2O5. The number of rotatable bonds is 8. The summed E-state index contributed by atoms with van der Waals surface area (Å²) >= 11 is 0. The zero-order valence-electron chi connectivity index (χ0n) is 18.3. The average molecular weight is 444 g/mol. The fraction of sp³-hybridized carbons (Fsp3) is 0.154. The van der Waals surface area contributed by atoms with Gasteiger partial charge in [-0.05, 0) is 23.8 Å². The van der Waals surface area contributed by atoms with E-state index in [9.17, 15) is 19.2 Å². The number of methoxy groups -OCH3 is 1. The van der Waals surface area contributed by atoms with Gasteiger partial charge in [-0.1, -0.05) is 60.7 Å². The lowest BCUT2D eigenvalue weighted by atomic mass is 9.99. The van der Waals surface area contributed by atoms with E-state index in [1.54, 1.807) is 66.7 Å². The molecule has 2 amide bonds. The number of anilines is 1. The van der Waals surface area contributed by atoms with Crippen LogP contribution < -0.4 is 10.6 Å². The maximum atomic E-state index is 12.7. The first-order valence-corrected chi connectivity index (χ1v) is 10.3. The Labute approximate surface area is 191 Å². The maximum absolute atomic E-state index is 12.7. The third kappa shape index (κ3) is 6.36.